The Hall–Kier alpha value is -2.55. The average molecular weight is 292 g/mol. The van der Waals surface area contributed by atoms with Gasteiger partial charge in [-0.3, -0.25) is 4.98 Å². The molecule has 102 valence electrons. The molecular weight excluding hydrogens is 280 g/mol. The molecule has 0 fully saturated rings. The van der Waals surface area contributed by atoms with Crippen molar-refractivity contribution < 1.29 is 6.11 Å². The zero-order chi connectivity index (χ0) is 14.8. The Bertz CT molecular complexity index is 826. The van der Waals surface area contributed by atoms with Gasteiger partial charge in [-0.05, 0) is 22.6 Å². The smallest absolute Gasteiger partial charge is 0.368 e. The Morgan fingerprint density at radius 2 is 2.35 bits per heavy atom. The third-order valence-electron chi connectivity index (χ3n) is 2.52. The summed E-state index contributed by atoms with van der Waals surface area (Å²) in [5, 5.41) is 9.40. The van der Waals surface area contributed by atoms with E-state index in [2.05, 4.69) is 20.4 Å². The van der Waals surface area contributed by atoms with Gasteiger partial charge >= 0.3 is 5.69 Å². The Morgan fingerprint density at radius 1 is 1.45 bits per heavy atom. The molecule has 3 rings (SSSR count). The van der Waals surface area contributed by atoms with Gasteiger partial charge in [0.25, 0.3) is 5.19 Å². The van der Waals surface area contributed by atoms with Gasteiger partial charge in [0.15, 0.2) is 0 Å². The van der Waals surface area contributed by atoms with Crippen LogP contribution in [0.1, 0.15) is 7.06 Å². The number of ether oxygens (including phenoxy) is 1. The Labute approximate surface area is 118 Å². The summed E-state index contributed by atoms with van der Waals surface area (Å²) in [6.07, 6.45) is 1.75. The maximum atomic E-state index is 11.9. The van der Waals surface area contributed by atoms with Crippen molar-refractivity contribution in [1.82, 2.24) is 29.8 Å². The monoisotopic (exact) mass is 292 g/mol. The minimum Gasteiger partial charge on any atom is -0.463 e. The standard InChI is InChI=1S/C11H10N6O2S/c1-16-11(18)17(15-14-16)9-3-2-4-12-8(9)7-19-10-13-5-6-20-10/h2-6H,7H2,1H3/i5T. The van der Waals surface area contributed by atoms with Crippen molar-refractivity contribution in [3.05, 3.63) is 46.1 Å². The number of hydrogen-bond donors (Lipinski definition) is 0. The molecule has 0 spiro atoms. The quantitative estimate of drug-likeness (QED) is 0.691. The van der Waals surface area contributed by atoms with E-state index in [4.69, 9.17) is 6.11 Å². The van der Waals surface area contributed by atoms with Crippen molar-refractivity contribution in [3.63, 3.8) is 0 Å². The highest BCUT2D eigenvalue weighted by molar-refractivity contribution is 7.11. The van der Waals surface area contributed by atoms with Crippen LogP contribution < -0.4 is 10.4 Å². The van der Waals surface area contributed by atoms with Crippen molar-refractivity contribution in [2.45, 2.75) is 6.61 Å². The molecule has 0 N–H and O–H groups in total. The molecule has 0 saturated carbocycles. The molecule has 9 heteroatoms. The minimum atomic E-state index is -0.369. The first-order chi connectivity index (χ1) is 10.1. The van der Waals surface area contributed by atoms with E-state index in [1.165, 1.54) is 18.4 Å². The highest BCUT2D eigenvalue weighted by Gasteiger charge is 2.12. The topological polar surface area (TPSA) is 87.7 Å². The van der Waals surface area contributed by atoms with Crippen LogP contribution in [0.5, 0.6) is 5.19 Å². The van der Waals surface area contributed by atoms with E-state index < -0.39 is 0 Å². The number of thiazole rings is 1. The molecular formula is C11H10N6O2S. The Kier molecular flexibility index (Phi) is 2.94. The van der Waals surface area contributed by atoms with Gasteiger partial charge in [0.1, 0.15) is 12.3 Å². The molecule has 0 aliphatic carbocycles. The van der Waals surface area contributed by atoms with Gasteiger partial charge < -0.3 is 4.74 Å². The summed E-state index contributed by atoms with van der Waals surface area (Å²) in [4.78, 5) is 20.0. The summed E-state index contributed by atoms with van der Waals surface area (Å²) < 4.78 is 15.1. The summed E-state index contributed by atoms with van der Waals surface area (Å²) in [5.74, 6) is 0. The molecule has 0 aromatic carbocycles. The van der Waals surface area contributed by atoms with E-state index in [9.17, 15) is 4.79 Å². The first-order valence-corrected chi connectivity index (χ1v) is 6.51. The normalized spacial score (nSPS) is 11.3. The van der Waals surface area contributed by atoms with Crippen molar-refractivity contribution in [2.75, 3.05) is 0 Å². The van der Waals surface area contributed by atoms with Crippen LogP contribution >= 0.6 is 11.3 Å². The third-order valence-corrected chi connectivity index (χ3v) is 3.15. The van der Waals surface area contributed by atoms with E-state index in [1.54, 1.807) is 23.7 Å². The maximum absolute atomic E-state index is 11.9. The molecule has 0 aliphatic rings. The molecule has 0 bridgehead atoms. The molecule has 3 aromatic rings. The summed E-state index contributed by atoms with van der Waals surface area (Å²) in [7, 11) is 1.52. The molecule has 0 saturated heterocycles. The van der Waals surface area contributed by atoms with Crippen LogP contribution in [0.25, 0.3) is 5.69 Å². The second kappa shape index (κ2) is 5.21. The zero-order valence-corrected chi connectivity index (χ0v) is 11.2. The molecule has 0 amide bonds. The lowest BCUT2D eigenvalue weighted by Crippen LogP contribution is -2.23. The second-order valence-electron chi connectivity index (χ2n) is 3.80. The van der Waals surface area contributed by atoms with E-state index in [0.717, 1.165) is 9.36 Å². The van der Waals surface area contributed by atoms with E-state index >= 15 is 0 Å². The highest BCUT2D eigenvalue weighted by Crippen LogP contribution is 2.17. The second-order valence-corrected chi connectivity index (χ2v) is 4.62. The number of tetrazole rings is 1. The van der Waals surface area contributed by atoms with E-state index in [0.29, 0.717) is 16.6 Å². The van der Waals surface area contributed by atoms with Gasteiger partial charge in [-0.1, -0.05) is 11.3 Å². The number of rotatable bonds is 4. The minimum absolute atomic E-state index is 0.117. The van der Waals surface area contributed by atoms with Crippen LogP contribution in [0.2, 0.25) is 0 Å². The molecule has 20 heavy (non-hydrogen) atoms. The van der Waals surface area contributed by atoms with Gasteiger partial charge in [-0.15, -0.1) is 0 Å². The Balaban J connectivity index is 1.89. The van der Waals surface area contributed by atoms with Crippen molar-refractivity contribution in [2.24, 2.45) is 7.05 Å². The van der Waals surface area contributed by atoms with Gasteiger partial charge in [0.2, 0.25) is 0 Å². The van der Waals surface area contributed by atoms with E-state index in [1.807, 2.05) is 0 Å². The van der Waals surface area contributed by atoms with Gasteiger partial charge in [0, 0.05) is 24.8 Å². The Morgan fingerprint density at radius 3 is 3.05 bits per heavy atom. The molecule has 0 radical (unpaired) electrons. The predicted molar refractivity (Wildman–Crippen MR) is 70.8 cm³/mol. The summed E-state index contributed by atoms with van der Waals surface area (Å²) in [6.45, 7) is 0.117. The molecule has 8 nitrogen and oxygen atoms in total. The summed E-state index contributed by atoms with van der Waals surface area (Å²) >= 11 is 1.23. The highest BCUT2D eigenvalue weighted by atomic mass is 32.1. The molecule has 0 aliphatic heterocycles. The van der Waals surface area contributed by atoms with Crippen LogP contribution in [-0.4, -0.2) is 29.8 Å². The van der Waals surface area contributed by atoms with Crippen molar-refractivity contribution >= 4 is 11.3 Å². The fraction of sp³-hybridized carbons (Fsp3) is 0.182. The lowest BCUT2D eigenvalue weighted by Gasteiger charge is -2.06. The van der Waals surface area contributed by atoms with Crippen LogP contribution in [0, 0.1) is 0 Å². The van der Waals surface area contributed by atoms with Crippen molar-refractivity contribution in [1.29, 1.82) is 0 Å². The fourth-order valence-electron chi connectivity index (χ4n) is 1.58. The van der Waals surface area contributed by atoms with E-state index in [-0.39, 0.29) is 18.5 Å². The predicted octanol–water partition coefficient (Wildman–Crippen LogP) is 0.396. The number of hydrogen-bond acceptors (Lipinski definition) is 7. The van der Waals surface area contributed by atoms with Gasteiger partial charge in [-0.25, -0.2) is 9.78 Å². The molecule has 3 heterocycles. The molecule has 0 atom stereocenters. The fourth-order valence-corrected chi connectivity index (χ4v) is 2.02. The van der Waals surface area contributed by atoms with Crippen LogP contribution in [0.3, 0.4) is 0 Å². The number of pyridine rings is 1. The van der Waals surface area contributed by atoms with Crippen LogP contribution in [-0.2, 0) is 13.7 Å². The first-order valence-electron chi connectivity index (χ1n) is 6.13. The van der Waals surface area contributed by atoms with Crippen LogP contribution in [0.4, 0.5) is 0 Å². The number of aryl methyl sites for hydroxylation is 1. The lowest BCUT2D eigenvalue weighted by atomic mass is 10.3. The zero-order valence-electron chi connectivity index (χ0n) is 11.4. The third kappa shape index (κ3) is 2.30. The lowest BCUT2D eigenvalue weighted by molar-refractivity contribution is 0.299. The molecule has 0 unspecified atom stereocenters. The summed E-state index contributed by atoms with van der Waals surface area (Å²) in [6, 6.07) is 3.41. The SMILES string of the molecule is [3H]c1csc(OCc2ncccc2-n2nnn(C)c2=O)n1. The number of aromatic nitrogens is 6. The average Bonchev–Trinajstić information content (AvgIpc) is 3.04. The van der Waals surface area contributed by atoms with Crippen molar-refractivity contribution in [3.8, 4) is 10.9 Å². The van der Waals surface area contributed by atoms with Gasteiger partial charge in [0.05, 0.1) is 7.06 Å². The largest absolute Gasteiger partial charge is 0.463 e. The van der Waals surface area contributed by atoms with Crippen LogP contribution in [0.15, 0.2) is 34.7 Å². The van der Waals surface area contributed by atoms with Gasteiger partial charge in [-0.2, -0.15) is 9.36 Å². The summed E-state index contributed by atoms with van der Waals surface area (Å²) in [5.41, 5.74) is 0.659. The molecule has 3 aromatic heterocycles. The maximum Gasteiger partial charge on any atom is 0.368 e. The first kappa shape index (κ1) is 11.3. The number of nitrogens with zero attached hydrogens (tertiary/aromatic N) is 6.